The van der Waals surface area contributed by atoms with Crippen LogP contribution in [0.1, 0.15) is 12.2 Å². The zero-order valence-corrected chi connectivity index (χ0v) is 13.6. The highest BCUT2D eigenvalue weighted by molar-refractivity contribution is 7.22. The monoisotopic (exact) mass is 347 g/mol. The summed E-state index contributed by atoms with van der Waals surface area (Å²) in [4.78, 5) is 28.6. The molecule has 1 N–H and O–H groups in total. The first-order valence-corrected chi connectivity index (χ1v) is 8.33. The Bertz CT molecular complexity index is 1010. The number of halogens is 1. The standard InChI is InChI=1S/C15H14FN5O2S/c1-20-15(23)21-7-8(5-6-11(21)19-20)13(22)18-14-17-12-9(16)3-2-4-10(12)24-14/h2-4,8H,5-7H2,1H3,(H,17,18,22). The summed E-state index contributed by atoms with van der Waals surface area (Å²) in [5.41, 5.74) is 0.0387. The van der Waals surface area contributed by atoms with E-state index in [1.165, 1.54) is 26.7 Å². The van der Waals surface area contributed by atoms with Crippen LogP contribution in [0, 0.1) is 11.7 Å². The van der Waals surface area contributed by atoms with Gasteiger partial charge in [0.25, 0.3) is 0 Å². The maximum absolute atomic E-state index is 13.7. The van der Waals surface area contributed by atoms with Crippen molar-refractivity contribution in [2.24, 2.45) is 13.0 Å². The van der Waals surface area contributed by atoms with Crippen molar-refractivity contribution in [2.45, 2.75) is 19.4 Å². The van der Waals surface area contributed by atoms with Crippen molar-refractivity contribution in [2.75, 3.05) is 5.32 Å². The molecule has 3 heterocycles. The molecule has 2 aromatic heterocycles. The lowest BCUT2D eigenvalue weighted by atomic mass is 9.99. The molecule has 0 aliphatic carbocycles. The number of amides is 1. The normalized spacial score (nSPS) is 17.0. The third kappa shape index (κ3) is 2.41. The van der Waals surface area contributed by atoms with Crippen LogP contribution in [0.15, 0.2) is 23.0 Å². The van der Waals surface area contributed by atoms with E-state index in [2.05, 4.69) is 15.4 Å². The third-order valence-corrected chi connectivity index (χ3v) is 5.11. The summed E-state index contributed by atoms with van der Waals surface area (Å²) in [5.74, 6) is -0.255. The van der Waals surface area contributed by atoms with Crippen molar-refractivity contribution in [3.63, 3.8) is 0 Å². The minimum atomic E-state index is -0.409. The topological polar surface area (TPSA) is 81.8 Å². The molecule has 0 radical (unpaired) electrons. The number of para-hydroxylation sites is 1. The molecule has 0 bridgehead atoms. The summed E-state index contributed by atoms with van der Waals surface area (Å²) in [6.45, 7) is 0.299. The molecule has 1 unspecified atom stereocenters. The Morgan fingerprint density at radius 2 is 2.29 bits per heavy atom. The van der Waals surface area contributed by atoms with Crippen molar-refractivity contribution in [3.8, 4) is 0 Å². The fourth-order valence-electron chi connectivity index (χ4n) is 2.93. The largest absolute Gasteiger partial charge is 0.345 e. The molecule has 0 saturated heterocycles. The summed E-state index contributed by atoms with van der Waals surface area (Å²) in [6.07, 6.45) is 1.18. The average molecular weight is 347 g/mol. The number of nitrogens with zero attached hydrogens (tertiary/aromatic N) is 4. The number of aryl methyl sites for hydroxylation is 2. The first-order chi connectivity index (χ1) is 11.5. The maximum Gasteiger partial charge on any atom is 0.345 e. The molecule has 24 heavy (non-hydrogen) atoms. The minimum absolute atomic E-state index is 0.212. The molecule has 9 heteroatoms. The van der Waals surface area contributed by atoms with Gasteiger partial charge in [-0.25, -0.2) is 18.9 Å². The lowest BCUT2D eigenvalue weighted by Gasteiger charge is -2.21. The van der Waals surface area contributed by atoms with E-state index >= 15 is 0 Å². The smallest absolute Gasteiger partial charge is 0.302 e. The Hall–Kier alpha value is -2.55. The lowest BCUT2D eigenvalue weighted by molar-refractivity contribution is -0.120. The van der Waals surface area contributed by atoms with E-state index in [0.717, 1.165) is 0 Å². The molecule has 124 valence electrons. The molecule has 0 saturated carbocycles. The highest BCUT2D eigenvalue weighted by Gasteiger charge is 2.28. The van der Waals surface area contributed by atoms with E-state index in [4.69, 9.17) is 0 Å². The molecule has 4 rings (SSSR count). The molecule has 3 aromatic rings. The number of carbonyl (C=O) groups is 1. The maximum atomic E-state index is 13.7. The van der Waals surface area contributed by atoms with Crippen molar-refractivity contribution in [1.29, 1.82) is 0 Å². The highest BCUT2D eigenvalue weighted by atomic mass is 32.1. The predicted octanol–water partition coefficient (Wildman–Crippen LogP) is 1.53. The SMILES string of the molecule is Cn1nc2n(c1=O)CC(C(=O)Nc1nc3c(F)cccc3s1)CC2. The van der Waals surface area contributed by atoms with Gasteiger partial charge in [-0.2, -0.15) is 5.10 Å². The molecule has 1 atom stereocenters. The van der Waals surface area contributed by atoms with E-state index in [9.17, 15) is 14.0 Å². The van der Waals surface area contributed by atoms with Crippen LogP contribution >= 0.6 is 11.3 Å². The number of fused-ring (bicyclic) bond motifs is 2. The number of rotatable bonds is 2. The fraction of sp³-hybridized carbons (Fsp3) is 0.333. The van der Waals surface area contributed by atoms with Crippen LogP contribution in [-0.2, 0) is 24.8 Å². The molecule has 7 nitrogen and oxygen atoms in total. The zero-order valence-electron chi connectivity index (χ0n) is 12.8. The summed E-state index contributed by atoms with van der Waals surface area (Å²) in [6, 6.07) is 4.71. The second-order valence-electron chi connectivity index (χ2n) is 5.76. The average Bonchev–Trinajstić information content (AvgIpc) is 3.09. The molecule has 1 amide bonds. The van der Waals surface area contributed by atoms with E-state index in [1.54, 1.807) is 19.2 Å². The Kier molecular flexibility index (Phi) is 3.45. The van der Waals surface area contributed by atoms with E-state index < -0.39 is 5.82 Å². The fourth-order valence-corrected chi connectivity index (χ4v) is 3.81. The zero-order chi connectivity index (χ0) is 16.8. The molecule has 1 aromatic carbocycles. The number of anilines is 1. The van der Waals surface area contributed by atoms with Gasteiger partial charge >= 0.3 is 5.69 Å². The predicted molar refractivity (Wildman–Crippen MR) is 87.5 cm³/mol. The second kappa shape index (κ2) is 5.52. The van der Waals surface area contributed by atoms with Crippen molar-refractivity contribution in [1.82, 2.24) is 19.3 Å². The van der Waals surface area contributed by atoms with Crippen molar-refractivity contribution in [3.05, 3.63) is 40.3 Å². The number of carbonyl (C=O) groups excluding carboxylic acids is 1. The third-order valence-electron chi connectivity index (χ3n) is 4.17. The summed E-state index contributed by atoms with van der Waals surface area (Å²) >= 11 is 1.23. The number of hydrogen-bond acceptors (Lipinski definition) is 5. The van der Waals surface area contributed by atoms with Gasteiger partial charge in [0.2, 0.25) is 5.91 Å². The highest BCUT2D eigenvalue weighted by Crippen LogP contribution is 2.28. The molecular formula is C15H14FN5O2S. The number of hydrogen-bond donors (Lipinski definition) is 1. The Labute approximate surface area is 139 Å². The van der Waals surface area contributed by atoms with Gasteiger partial charge in [0.1, 0.15) is 17.2 Å². The van der Waals surface area contributed by atoms with Crippen LogP contribution in [0.5, 0.6) is 0 Å². The first-order valence-electron chi connectivity index (χ1n) is 7.51. The molecule has 1 aliphatic heterocycles. The van der Waals surface area contributed by atoms with Crippen LogP contribution < -0.4 is 11.0 Å². The Morgan fingerprint density at radius 3 is 3.08 bits per heavy atom. The summed E-state index contributed by atoms with van der Waals surface area (Å²) in [7, 11) is 1.60. The minimum Gasteiger partial charge on any atom is -0.302 e. The van der Waals surface area contributed by atoms with Gasteiger partial charge in [-0.05, 0) is 18.6 Å². The summed E-state index contributed by atoms with van der Waals surface area (Å²) in [5, 5.41) is 7.26. The van der Waals surface area contributed by atoms with Gasteiger partial charge < -0.3 is 5.32 Å². The van der Waals surface area contributed by atoms with Crippen LogP contribution in [0.25, 0.3) is 10.2 Å². The van der Waals surface area contributed by atoms with Crippen LogP contribution in [0.4, 0.5) is 9.52 Å². The van der Waals surface area contributed by atoms with Gasteiger partial charge in [0.05, 0.1) is 10.6 Å². The van der Waals surface area contributed by atoms with E-state index in [-0.39, 0.29) is 23.0 Å². The number of aromatic nitrogens is 4. The van der Waals surface area contributed by atoms with Crippen molar-refractivity contribution >= 4 is 32.6 Å². The summed E-state index contributed by atoms with van der Waals surface area (Å²) < 4.78 is 17.2. The second-order valence-corrected chi connectivity index (χ2v) is 6.79. The van der Waals surface area contributed by atoms with Crippen molar-refractivity contribution < 1.29 is 9.18 Å². The van der Waals surface area contributed by atoms with Crippen LogP contribution in [0.2, 0.25) is 0 Å². The van der Waals surface area contributed by atoms with E-state index in [1.807, 2.05) is 0 Å². The quantitative estimate of drug-likeness (QED) is 0.762. The Morgan fingerprint density at radius 1 is 1.46 bits per heavy atom. The molecule has 0 fully saturated rings. The van der Waals surface area contributed by atoms with Gasteiger partial charge in [-0.3, -0.25) is 9.36 Å². The molecule has 1 aliphatic rings. The first kappa shape index (κ1) is 15.0. The Balaban J connectivity index is 1.55. The van der Waals surface area contributed by atoms with Crippen LogP contribution in [-0.4, -0.2) is 25.2 Å². The lowest BCUT2D eigenvalue weighted by Crippen LogP contribution is -2.35. The van der Waals surface area contributed by atoms with Gasteiger partial charge in [-0.1, -0.05) is 17.4 Å². The van der Waals surface area contributed by atoms with E-state index in [0.29, 0.717) is 35.0 Å². The van der Waals surface area contributed by atoms with Gasteiger partial charge in [-0.15, -0.1) is 0 Å². The molecular weight excluding hydrogens is 333 g/mol. The van der Waals surface area contributed by atoms with Crippen LogP contribution in [0.3, 0.4) is 0 Å². The molecule has 0 spiro atoms. The number of benzene rings is 1. The van der Waals surface area contributed by atoms with Gasteiger partial charge in [0, 0.05) is 20.0 Å². The number of thiazole rings is 1. The number of nitrogens with one attached hydrogen (secondary N) is 1. The van der Waals surface area contributed by atoms with Gasteiger partial charge in [0.15, 0.2) is 5.13 Å².